The molecule has 2 aliphatic rings. The van der Waals surface area contributed by atoms with Gasteiger partial charge in [-0.05, 0) is 72.2 Å². The van der Waals surface area contributed by atoms with Crippen LogP contribution in [0.5, 0.6) is 11.5 Å². The second-order valence-electron chi connectivity index (χ2n) is 11.2. The molecule has 0 bridgehead atoms. The molecule has 0 aromatic heterocycles. The summed E-state index contributed by atoms with van der Waals surface area (Å²) < 4.78 is 19.9. The van der Waals surface area contributed by atoms with E-state index >= 15 is 0 Å². The van der Waals surface area contributed by atoms with Crippen LogP contribution < -0.4 is 9.64 Å². The number of carboxylic acid groups (broad SMARTS) is 1. The molecule has 39 heavy (non-hydrogen) atoms. The van der Waals surface area contributed by atoms with Crippen LogP contribution >= 0.6 is 11.6 Å². The van der Waals surface area contributed by atoms with Crippen LogP contribution in [0.1, 0.15) is 49.0 Å². The first-order valence-corrected chi connectivity index (χ1v) is 13.8. The number of para-hydroxylation sites is 1. The molecule has 0 radical (unpaired) electrons. The Balaban J connectivity index is 1.30. The number of hydrogen-bond donors (Lipinski definition) is 1. The maximum Gasteiger partial charge on any atom is 0.339 e. The monoisotopic (exact) mass is 548 g/mol. The average Bonchev–Trinajstić information content (AvgIpc) is 2.91. The van der Waals surface area contributed by atoms with E-state index < -0.39 is 11.8 Å². The van der Waals surface area contributed by atoms with Crippen molar-refractivity contribution in [1.82, 2.24) is 4.90 Å². The minimum atomic E-state index is -1.11. The molecule has 3 aromatic carbocycles. The Hall–Kier alpha value is -3.35. The highest BCUT2D eigenvalue weighted by molar-refractivity contribution is 6.30. The lowest BCUT2D eigenvalue weighted by Gasteiger charge is -2.39. The van der Waals surface area contributed by atoms with Crippen molar-refractivity contribution in [3.8, 4) is 11.5 Å². The Kier molecular flexibility index (Phi) is 7.96. The lowest BCUT2D eigenvalue weighted by atomic mass is 9.72. The molecule has 1 heterocycles. The van der Waals surface area contributed by atoms with Crippen molar-refractivity contribution in [3.05, 3.63) is 94.3 Å². The van der Waals surface area contributed by atoms with Gasteiger partial charge < -0.3 is 14.7 Å². The zero-order valence-electron chi connectivity index (χ0n) is 22.4. The molecule has 1 fully saturated rings. The van der Waals surface area contributed by atoms with E-state index in [1.54, 1.807) is 24.3 Å². The predicted octanol–water partition coefficient (Wildman–Crippen LogP) is 7.76. The van der Waals surface area contributed by atoms with E-state index in [-0.39, 0.29) is 22.5 Å². The molecule has 1 N–H and O–H groups in total. The van der Waals surface area contributed by atoms with Crippen molar-refractivity contribution in [1.29, 1.82) is 0 Å². The lowest BCUT2D eigenvalue weighted by Crippen LogP contribution is -2.47. The van der Waals surface area contributed by atoms with E-state index in [1.165, 1.54) is 41.3 Å². The molecular formula is C32H34ClFN2O3. The summed E-state index contributed by atoms with van der Waals surface area (Å²) >= 11 is 6.16. The van der Waals surface area contributed by atoms with Crippen LogP contribution in [-0.4, -0.2) is 48.7 Å². The Bertz CT molecular complexity index is 1380. The van der Waals surface area contributed by atoms with Crippen molar-refractivity contribution in [2.24, 2.45) is 5.41 Å². The number of halogens is 2. The highest BCUT2D eigenvalue weighted by atomic mass is 35.5. The van der Waals surface area contributed by atoms with Crippen molar-refractivity contribution in [3.63, 3.8) is 0 Å². The summed E-state index contributed by atoms with van der Waals surface area (Å²) in [6.45, 7) is 9.04. The Morgan fingerprint density at radius 3 is 2.41 bits per heavy atom. The van der Waals surface area contributed by atoms with Crippen LogP contribution in [0.2, 0.25) is 5.02 Å². The maximum atomic E-state index is 14.2. The number of hydrogen-bond acceptors (Lipinski definition) is 4. The van der Waals surface area contributed by atoms with E-state index in [2.05, 4.69) is 35.8 Å². The zero-order chi connectivity index (χ0) is 27.6. The summed E-state index contributed by atoms with van der Waals surface area (Å²) in [5, 5.41) is 10.4. The average molecular weight is 549 g/mol. The fourth-order valence-corrected chi connectivity index (χ4v) is 5.64. The highest BCUT2D eigenvalue weighted by Crippen LogP contribution is 2.43. The van der Waals surface area contributed by atoms with E-state index in [0.29, 0.717) is 0 Å². The molecule has 1 aliphatic heterocycles. The number of ether oxygens (including phenoxy) is 1. The van der Waals surface area contributed by atoms with E-state index in [4.69, 9.17) is 16.3 Å². The molecular weight excluding hydrogens is 515 g/mol. The third-order valence-corrected chi connectivity index (χ3v) is 8.03. The van der Waals surface area contributed by atoms with Crippen LogP contribution in [-0.2, 0) is 0 Å². The van der Waals surface area contributed by atoms with Crippen LogP contribution in [0, 0.1) is 11.2 Å². The third-order valence-electron chi connectivity index (χ3n) is 7.78. The standard InChI is InChI=1S/C32H34ClFN2O3/c1-32(2)14-13-23(27(20-32)22-7-9-24(33)10-8-22)21-35-15-17-36(18-16-35)25-11-12-26(31(37)38)30(19-25)39-29-6-4-3-5-28(29)34/h3-12,19H,13-18,20-21H2,1-2H3,(H,37,38). The molecule has 0 atom stereocenters. The van der Waals surface area contributed by atoms with Gasteiger partial charge in [0.05, 0.1) is 0 Å². The lowest BCUT2D eigenvalue weighted by molar-refractivity contribution is 0.0694. The topological polar surface area (TPSA) is 53.0 Å². The van der Waals surface area contributed by atoms with Gasteiger partial charge in [-0.15, -0.1) is 0 Å². The zero-order valence-corrected chi connectivity index (χ0v) is 23.2. The van der Waals surface area contributed by atoms with Gasteiger partial charge in [0, 0.05) is 49.5 Å². The van der Waals surface area contributed by atoms with Gasteiger partial charge in [0.1, 0.15) is 11.3 Å². The molecule has 0 saturated carbocycles. The number of anilines is 1. The van der Waals surface area contributed by atoms with Crippen molar-refractivity contribution < 1.29 is 19.0 Å². The predicted molar refractivity (Wildman–Crippen MR) is 155 cm³/mol. The van der Waals surface area contributed by atoms with Gasteiger partial charge in [-0.2, -0.15) is 0 Å². The summed E-state index contributed by atoms with van der Waals surface area (Å²) in [5.41, 5.74) is 5.37. The fourth-order valence-electron chi connectivity index (χ4n) is 5.51. The number of nitrogens with zero attached hydrogens (tertiary/aromatic N) is 2. The number of benzene rings is 3. The van der Waals surface area contributed by atoms with Crippen LogP contribution in [0.3, 0.4) is 0 Å². The van der Waals surface area contributed by atoms with E-state index in [9.17, 15) is 14.3 Å². The quantitative estimate of drug-likeness (QED) is 0.327. The number of piperazine rings is 1. The van der Waals surface area contributed by atoms with E-state index in [1.807, 2.05) is 12.1 Å². The molecule has 0 amide bonds. The van der Waals surface area contributed by atoms with Gasteiger partial charge in [-0.3, -0.25) is 4.90 Å². The van der Waals surface area contributed by atoms with Gasteiger partial charge in [0.25, 0.3) is 0 Å². The number of rotatable bonds is 7. The number of aromatic carboxylic acids is 1. The number of carbonyl (C=O) groups is 1. The second-order valence-corrected chi connectivity index (χ2v) is 11.6. The van der Waals surface area contributed by atoms with Crippen molar-refractivity contribution in [2.75, 3.05) is 37.6 Å². The molecule has 5 nitrogen and oxygen atoms in total. The first kappa shape index (κ1) is 27.2. The molecule has 3 aromatic rings. The van der Waals surface area contributed by atoms with Gasteiger partial charge in [0.2, 0.25) is 0 Å². The summed E-state index contributed by atoms with van der Waals surface area (Å²) in [5.74, 6) is -1.51. The van der Waals surface area contributed by atoms with Gasteiger partial charge in [0.15, 0.2) is 11.6 Å². The van der Waals surface area contributed by atoms with Crippen LogP contribution in [0.4, 0.5) is 10.1 Å². The Morgan fingerprint density at radius 1 is 1.00 bits per heavy atom. The van der Waals surface area contributed by atoms with Gasteiger partial charge in [-0.25, -0.2) is 9.18 Å². The SMILES string of the molecule is CC1(C)CCC(CN2CCN(c3ccc(C(=O)O)c(Oc4ccccc4F)c3)CC2)=C(c2ccc(Cl)cc2)C1. The molecule has 5 rings (SSSR count). The minimum Gasteiger partial charge on any atom is -0.478 e. The maximum absolute atomic E-state index is 14.2. The highest BCUT2D eigenvalue weighted by Gasteiger charge is 2.29. The second kappa shape index (κ2) is 11.4. The van der Waals surface area contributed by atoms with Crippen molar-refractivity contribution >= 4 is 28.8 Å². The molecule has 0 unspecified atom stereocenters. The summed E-state index contributed by atoms with van der Waals surface area (Å²) in [4.78, 5) is 16.5. The third kappa shape index (κ3) is 6.45. The largest absolute Gasteiger partial charge is 0.478 e. The van der Waals surface area contributed by atoms with Crippen LogP contribution in [0.15, 0.2) is 72.3 Å². The number of allylic oxidation sites excluding steroid dienone is 1. The summed E-state index contributed by atoms with van der Waals surface area (Å²) in [7, 11) is 0. The van der Waals surface area contributed by atoms with Gasteiger partial charge in [-0.1, -0.05) is 55.3 Å². The molecule has 0 spiro atoms. The molecule has 204 valence electrons. The molecule has 1 saturated heterocycles. The first-order chi connectivity index (χ1) is 18.7. The molecule has 7 heteroatoms. The fraction of sp³-hybridized carbons (Fsp3) is 0.344. The van der Waals surface area contributed by atoms with E-state index in [0.717, 1.165) is 56.3 Å². The summed E-state index contributed by atoms with van der Waals surface area (Å²) in [6.07, 6.45) is 3.34. The normalized spacial score (nSPS) is 17.8. The Labute approximate surface area is 234 Å². The summed E-state index contributed by atoms with van der Waals surface area (Å²) in [6, 6.07) is 19.3. The van der Waals surface area contributed by atoms with Crippen LogP contribution in [0.25, 0.3) is 5.57 Å². The minimum absolute atomic E-state index is 0.00222. The number of carboxylic acids is 1. The first-order valence-electron chi connectivity index (χ1n) is 13.4. The van der Waals surface area contributed by atoms with Crippen molar-refractivity contribution in [2.45, 2.75) is 33.1 Å². The van der Waals surface area contributed by atoms with Gasteiger partial charge >= 0.3 is 5.97 Å². The Morgan fingerprint density at radius 2 is 1.72 bits per heavy atom. The smallest absolute Gasteiger partial charge is 0.339 e. The molecule has 1 aliphatic carbocycles.